The van der Waals surface area contributed by atoms with Crippen molar-refractivity contribution in [2.45, 2.75) is 26.2 Å². The van der Waals surface area contributed by atoms with Crippen LogP contribution < -0.4 is 0 Å². The smallest absolute Gasteiger partial charge is 0.124 e. The van der Waals surface area contributed by atoms with Gasteiger partial charge in [-0.3, -0.25) is 0 Å². The molecule has 0 N–H and O–H groups in total. The quantitative estimate of drug-likeness (QED) is 0.586. The Labute approximate surface area is 117 Å². The minimum Gasteiger partial charge on any atom is -0.236 e. The average Bonchev–Trinajstić information content (AvgIpc) is 2.81. The average molecular weight is 267 g/mol. The van der Waals surface area contributed by atoms with Crippen LogP contribution in [0.25, 0.3) is 20.8 Å². The number of hydrogen-bond donors (Lipinski definition) is 0. The Kier molecular flexibility index (Phi) is 2.90. The Morgan fingerprint density at radius 3 is 2.47 bits per heavy atom. The topological polar surface area (TPSA) is 12.9 Å². The van der Waals surface area contributed by atoms with Crippen LogP contribution in [0.5, 0.6) is 0 Å². The first-order chi connectivity index (χ1) is 9.04. The summed E-state index contributed by atoms with van der Waals surface area (Å²) in [5.74, 6) is 0. The second-order valence-electron chi connectivity index (χ2n) is 5.82. The van der Waals surface area contributed by atoms with Gasteiger partial charge in [-0.1, -0.05) is 51.1 Å². The molecule has 2 aromatic carbocycles. The maximum atomic E-state index is 4.72. The van der Waals surface area contributed by atoms with E-state index in [4.69, 9.17) is 4.98 Å². The lowest BCUT2D eigenvalue weighted by Crippen LogP contribution is -2.10. The normalized spacial score (nSPS) is 11.9. The highest BCUT2D eigenvalue weighted by atomic mass is 32.1. The van der Waals surface area contributed by atoms with Gasteiger partial charge < -0.3 is 0 Å². The van der Waals surface area contributed by atoms with E-state index in [1.165, 1.54) is 15.8 Å². The fourth-order valence-electron chi connectivity index (χ4n) is 2.11. The SMILES string of the molecule is CC(C)(C)c1cccc(-c2nc3ccccc3s2)c1. The van der Waals surface area contributed by atoms with Gasteiger partial charge in [0.2, 0.25) is 0 Å². The van der Waals surface area contributed by atoms with Crippen molar-refractivity contribution in [2.75, 3.05) is 0 Å². The number of nitrogens with zero attached hydrogens (tertiary/aromatic N) is 1. The van der Waals surface area contributed by atoms with E-state index in [-0.39, 0.29) is 5.41 Å². The van der Waals surface area contributed by atoms with Gasteiger partial charge in [0.15, 0.2) is 0 Å². The third-order valence-corrected chi connectivity index (χ3v) is 4.35. The van der Waals surface area contributed by atoms with Crippen molar-refractivity contribution in [3.05, 3.63) is 54.1 Å². The number of thiazole rings is 1. The fourth-order valence-corrected chi connectivity index (χ4v) is 3.08. The van der Waals surface area contributed by atoms with E-state index < -0.39 is 0 Å². The van der Waals surface area contributed by atoms with Crippen molar-refractivity contribution in [3.8, 4) is 10.6 Å². The summed E-state index contributed by atoms with van der Waals surface area (Å²) in [4.78, 5) is 4.72. The van der Waals surface area contributed by atoms with Gasteiger partial charge in [0, 0.05) is 5.56 Å². The second-order valence-corrected chi connectivity index (χ2v) is 6.85. The lowest BCUT2D eigenvalue weighted by atomic mass is 9.86. The molecule has 0 bridgehead atoms. The summed E-state index contributed by atoms with van der Waals surface area (Å²) < 4.78 is 1.25. The minimum atomic E-state index is 0.173. The van der Waals surface area contributed by atoms with Crippen LogP contribution in [-0.2, 0) is 5.41 Å². The van der Waals surface area contributed by atoms with E-state index >= 15 is 0 Å². The van der Waals surface area contributed by atoms with Gasteiger partial charge in [-0.15, -0.1) is 11.3 Å². The molecule has 0 aliphatic carbocycles. The monoisotopic (exact) mass is 267 g/mol. The van der Waals surface area contributed by atoms with Gasteiger partial charge in [-0.05, 0) is 29.2 Å². The molecule has 0 unspecified atom stereocenters. The molecule has 2 heteroatoms. The van der Waals surface area contributed by atoms with Crippen LogP contribution in [0.15, 0.2) is 48.5 Å². The summed E-state index contributed by atoms with van der Waals surface area (Å²) in [5.41, 5.74) is 3.83. The lowest BCUT2D eigenvalue weighted by molar-refractivity contribution is 0.590. The van der Waals surface area contributed by atoms with Crippen molar-refractivity contribution in [2.24, 2.45) is 0 Å². The summed E-state index contributed by atoms with van der Waals surface area (Å²) in [6.07, 6.45) is 0. The molecule has 0 aliphatic rings. The second kappa shape index (κ2) is 4.46. The molecule has 0 fully saturated rings. The van der Waals surface area contributed by atoms with Crippen molar-refractivity contribution in [1.29, 1.82) is 0 Å². The molecule has 1 aromatic heterocycles. The molecule has 0 saturated heterocycles. The number of hydrogen-bond acceptors (Lipinski definition) is 2. The van der Waals surface area contributed by atoms with E-state index in [2.05, 4.69) is 63.2 Å². The highest BCUT2D eigenvalue weighted by molar-refractivity contribution is 7.21. The maximum absolute atomic E-state index is 4.72. The van der Waals surface area contributed by atoms with Crippen LogP contribution in [0.4, 0.5) is 0 Å². The molecule has 0 radical (unpaired) electrons. The largest absolute Gasteiger partial charge is 0.236 e. The maximum Gasteiger partial charge on any atom is 0.124 e. The van der Waals surface area contributed by atoms with Gasteiger partial charge in [-0.25, -0.2) is 4.98 Å². The highest BCUT2D eigenvalue weighted by Gasteiger charge is 2.15. The first-order valence-corrected chi connectivity index (χ1v) is 7.32. The van der Waals surface area contributed by atoms with Crippen molar-refractivity contribution >= 4 is 21.6 Å². The molecule has 1 nitrogen and oxygen atoms in total. The molecule has 0 saturated carbocycles. The Hall–Kier alpha value is -1.67. The first-order valence-electron chi connectivity index (χ1n) is 6.50. The zero-order chi connectivity index (χ0) is 13.5. The summed E-state index contributed by atoms with van der Waals surface area (Å²) in [6.45, 7) is 6.72. The van der Waals surface area contributed by atoms with E-state index in [1.807, 2.05) is 6.07 Å². The number of fused-ring (bicyclic) bond motifs is 1. The van der Waals surface area contributed by atoms with Crippen LogP contribution in [-0.4, -0.2) is 4.98 Å². The third kappa shape index (κ3) is 2.41. The van der Waals surface area contributed by atoms with E-state index in [1.54, 1.807) is 11.3 Å². The molecular formula is C17H17NS. The highest BCUT2D eigenvalue weighted by Crippen LogP contribution is 2.32. The standard InChI is InChI=1S/C17H17NS/c1-17(2,3)13-8-6-7-12(11-13)16-18-14-9-4-5-10-15(14)19-16/h4-11H,1-3H3. The van der Waals surface area contributed by atoms with E-state index in [9.17, 15) is 0 Å². The Morgan fingerprint density at radius 1 is 0.947 bits per heavy atom. The zero-order valence-electron chi connectivity index (χ0n) is 11.5. The van der Waals surface area contributed by atoms with Crippen LogP contribution in [0.2, 0.25) is 0 Å². The van der Waals surface area contributed by atoms with E-state index in [0.29, 0.717) is 0 Å². The molecule has 96 valence electrons. The minimum absolute atomic E-state index is 0.173. The Balaban J connectivity index is 2.11. The molecular weight excluding hydrogens is 250 g/mol. The van der Waals surface area contributed by atoms with Gasteiger partial charge in [0.1, 0.15) is 5.01 Å². The van der Waals surface area contributed by atoms with Gasteiger partial charge in [0.25, 0.3) is 0 Å². The number of para-hydroxylation sites is 1. The van der Waals surface area contributed by atoms with E-state index in [0.717, 1.165) is 10.5 Å². The van der Waals surface area contributed by atoms with Crippen LogP contribution in [0.3, 0.4) is 0 Å². The van der Waals surface area contributed by atoms with Crippen LogP contribution in [0.1, 0.15) is 26.3 Å². The van der Waals surface area contributed by atoms with Crippen LogP contribution in [0, 0.1) is 0 Å². The molecule has 0 atom stereocenters. The molecule has 3 rings (SSSR count). The molecule has 3 aromatic rings. The van der Waals surface area contributed by atoms with Gasteiger partial charge in [-0.2, -0.15) is 0 Å². The number of rotatable bonds is 1. The lowest BCUT2D eigenvalue weighted by Gasteiger charge is -2.19. The molecule has 0 spiro atoms. The van der Waals surface area contributed by atoms with Gasteiger partial charge >= 0.3 is 0 Å². The van der Waals surface area contributed by atoms with Gasteiger partial charge in [0.05, 0.1) is 10.2 Å². The van der Waals surface area contributed by atoms with Crippen LogP contribution >= 0.6 is 11.3 Å². The van der Waals surface area contributed by atoms with Crippen molar-refractivity contribution < 1.29 is 0 Å². The predicted molar refractivity (Wildman–Crippen MR) is 83.8 cm³/mol. The fraction of sp³-hybridized carbons (Fsp3) is 0.235. The third-order valence-electron chi connectivity index (χ3n) is 3.27. The predicted octanol–water partition coefficient (Wildman–Crippen LogP) is 5.26. The van der Waals surface area contributed by atoms with Crippen molar-refractivity contribution in [3.63, 3.8) is 0 Å². The molecule has 19 heavy (non-hydrogen) atoms. The zero-order valence-corrected chi connectivity index (χ0v) is 12.3. The Bertz CT molecular complexity index is 686. The first kappa shape index (κ1) is 12.4. The summed E-state index contributed by atoms with van der Waals surface area (Å²) in [5, 5.41) is 1.10. The molecule has 1 heterocycles. The Morgan fingerprint density at radius 2 is 1.74 bits per heavy atom. The summed E-state index contributed by atoms with van der Waals surface area (Å²) in [7, 11) is 0. The molecule has 0 aliphatic heterocycles. The molecule has 0 amide bonds. The van der Waals surface area contributed by atoms with Crippen molar-refractivity contribution in [1.82, 2.24) is 4.98 Å². The number of benzene rings is 2. The summed E-state index contributed by atoms with van der Waals surface area (Å²) in [6, 6.07) is 17.0. The summed E-state index contributed by atoms with van der Waals surface area (Å²) >= 11 is 1.76. The number of aromatic nitrogens is 1.